The van der Waals surface area contributed by atoms with E-state index in [0.29, 0.717) is 17.5 Å². The van der Waals surface area contributed by atoms with E-state index in [2.05, 4.69) is 21.8 Å². The molecule has 1 aliphatic rings. The van der Waals surface area contributed by atoms with Crippen LogP contribution in [-0.2, 0) is 4.74 Å². The lowest BCUT2D eigenvalue weighted by Crippen LogP contribution is -2.37. The summed E-state index contributed by atoms with van der Waals surface area (Å²) < 4.78 is 16.5. The molecule has 0 amide bonds. The van der Waals surface area contributed by atoms with E-state index < -0.39 is 0 Å². The number of ether oxygens (including phenoxy) is 3. The number of methoxy groups -OCH3 is 2. The third-order valence-corrected chi connectivity index (χ3v) is 4.29. The van der Waals surface area contributed by atoms with Crippen molar-refractivity contribution in [1.82, 2.24) is 9.97 Å². The molecule has 0 radical (unpaired) electrons. The third-order valence-electron chi connectivity index (χ3n) is 4.29. The van der Waals surface area contributed by atoms with Crippen molar-refractivity contribution >= 4 is 16.7 Å². The third kappa shape index (κ3) is 2.33. The first-order valence-corrected chi connectivity index (χ1v) is 7.37. The molecule has 118 valence electrons. The highest BCUT2D eigenvalue weighted by Crippen LogP contribution is 2.37. The molecule has 0 bridgehead atoms. The van der Waals surface area contributed by atoms with Gasteiger partial charge in [0.2, 0.25) is 0 Å². The Morgan fingerprint density at radius 1 is 1.23 bits per heavy atom. The highest BCUT2D eigenvalue weighted by atomic mass is 16.5. The van der Waals surface area contributed by atoms with E-state index in [1.807, 2.05) is 19.2 Å². The number of hydrogen-bond acceptors (Lipinski definition) is 6. The Morgan fingerprint density at radius 3 is 2.68 bits per heavy atom. The minimum atomic E-state index is 0.190. The molecule has 2 unspecified atom stereocenters. The molecular formula is C16H21N3O3. The molecule has 22 heavy (non-hydrogen) atoms. The van der Waals surface area contributed by atoms with Gasteiger partial charge < -0.3 is 19.1 Å². The zero-order chi connectivity index (χ0) is 15.7. The molecule has 6 nitrogen and oxygen atoms in total. The van der Waals surface area contributed by atoms with Crippen LogP contribution in [0, 0.1) is 0 Å². The van der Waals surface area contributed by atoms with E-state index in [1.165, 1.54) is 0 Å². The van der Waals surface area contributed by atoms with E-state index >= 15 is 0 Å². The highest BCUT2D eigenvalue weighted by molar-refractivity contribution is 5.95. The maximum atomic E-state index is 5.67. The summed E-state index contributed by atoms with van der Waals surface area (Å²) in [7, 11) is 5.29. The summed E-state index contributed by atoms with van der Waals surface area (Å²) in [6, 6.07) is 4.17. The molecule has 2 aromatic rings. The molecule has 6 heteroatoms. The van der Waals surface area contributed by atoms with Crippen molar-refractivity contribution in [3.63, 3.8) is 0 Å². The van der Waals surface area contributed by atoms with Crippen LogP contribution < -0.4 is 14.4 Å². The molecule has 1 aromatic carbocycles. The van der Waals surface area contributed by atoms with Crippen LogP contribution in [0.5, 0.6) is 11.5 Å². The van der Waals surface area contributed by atoms with Gasteiger partial charge in [0, 0.05) is 19.0 Å². The summed E-state index contributed by atoms with van der Waals surface area (Å²) in [6.07, 6.45) is 2.75. The van der Waals surface area contributed by atoms with E-state index in [4.69, 9.17) is 14.2 Å². The number of benzene rings is 1. The molecule has 2 atom stereocenters. The molecule has 3 rings (SSSR count). The van der Waals surface area contributed by atoms with Crippen LogP contribution in [0.1, 0.15) is 13.3 Å². The summed E-state index contributed by atoms with van der Waals surface area (Å²) in [6.45, 7) is 2.89. The van der Waals surface area contributed by atoms with E-state index in [0.717, 1.165) is 29.7 Å². The number of likely N-dealkylation sites (N-methyl/N-ethyl adjacent to an activating group) is 1. The Labute approximate surface area is 130 Å². The monoisotopic (exact) mass is 303 g/mol. The van der Waals surface area contributed by atoms with Gasteiger partial charge in [-0.15, -0.1) is 0 Å². The summed E-state index contributed by atoms with van der Waals surface area (Å²) in [5.74, 6) is 2.18. The van der Waals surface area contributed by atoms with Gasteiger partial charge in [-0.05, 0) is 25.5 Å². The van der Waals surface area contributed by atoms with Gasteiger partial charge in [0.25, 0.3) is 0 Å². The smallest absolute Gasteiger partial charge is 0.187 e. The average Bonchev–Trinajstić information content (AvgIpc) is 2.98. The molecule has 0 N–H and O–H groups in total. The summed E-state index contributed by atoms with van der Waals surface area (Å²) in [5.41, 5.74) is 0.755. The van der Waals surface area contributed by atoms with Gasteiger partial charge in [-0.3, -0.25) is 0 Å². The van der Waals surface area contributed by atoms with Gasteiger partial charge in [0.1, 0.15) is 17.7 Å². The Hall–Kier alpha value is -2.08. The van der Waals surface area contributed by atoms with Gasteiger partial charge in [-0.1, -0.05) is 0 Å². The summed E-state index contributed by atoms with van der Waals surface area (Å²) in [5, 5.41) is 0.946. The van der Waals surface area contributed by atoms with Crippen molar-refractivity contribution in [2.45, 2.75) is 25.5 Å². The first-order valence-electron chi connectivity index (χ1n) is 7.37. The van der Waals surface area contributed by atoms with Crippen molar-refractivity contribution in [1.29, 1.82) is 0 Å². The lowest BCUT2D eigenvalue weighted by atomic mass is 10.1. The van der Waals surface area contributed by atoms with Crippen molar-refractivity contribution < 1.29 is 14.2 Å². The van der Waals surface area contributed by atoms with Crippen LogP contribution in [0.3, 0.4) is 0 Å². The second kappa shape index (κ2) is 5.96. The Kier molecular flexibility index (Phi) is 4.02. The minimum absolute atomic E-state index is 0.190. The molecule has 0 spiro atoms. The molecule has 1 fully saturated rings. The standard InChI is InChI=1S/C16H21N3O3/c1-10-12(7-8-22-10)19(2)16-11-5-6-13(20-3)15(21-4)14(11)17-9-18-16/h5-6,9-10,12H,7-8H2,1-4H3. The van der Waals surface area contributed by atoms with E-state index in [1.54, 1.807) is 20.5 Å². The minimum Gasteiger partial charge on any atom is -0.493 e. The second-order valence-electron chi connectivity index (χ2n) is 5.44. The topological polar surface area (TPSA) is 56.7 Å². The van der Waals surface area contributed by atoms with Crippen LogP contribution in [0.25, 0.3) is 10.9 Å². The largest absolute Gasteiger partial charge is 0.493 e. The van der Waals surface area contributed by atoms with Gasteiger partial charge in [-0.2, -0.15) is 0 Å². The van der Waals surface area contributed by atoms with Crippen LogP contribution in [0.4, 0.5) is 5.82 Å². The number of aromatic nitrogens is 2. The number of hydrogen-bond donors (Lipinski definition) is 0. The van der Waals surface area contributed by atoms with Crippen LogP contribution in [0.2, 0.25) is 0 Å². The van der Waals surface area contributed by atoms with Gasteiger partial charge >= 0.3 is 0 Å². The van der Waals surface area contributed by atoms with Crippen LogP contribution in [0.15, 0.2) is 18.5 Å². The number of fused-ring (bicyclic) bond motifs is 1. The van der Waals surface area contributed by atoms with Crippen molar-refractivity contribution in [2.24, 2.45) is 0 Å². The van der Waals surface area contributed by atoms with Crippen molar-refractivity contribution in [3.8, 4) is 11.5 Å². The van der Waals surface area contributed by atoms with E-state index in [-0.39, 0.29) is 6.10 Å². The SMILES string of the molecule is COc1ccc2c(N(C)C3CCOC3C)ncnc2c1OC. The van der Waals surface area contributed by atoms with Gasteiger partial charge in [0.05, 0.1) is 26.4 Å². The van der Waals surface area contributed by atoms with Crippen LogP contribution >= 0.6 is 0 Å². The zero-order valence-electron chi connectivity index (χ0n) is 13.4. The van der Waals surface area contributed by atoms with Crippen LogP contribution in [-0.4, -0.2) is 50.0 Å². The second-order valence-corrected chi connectivity index (χ2v) is 5.44. The Balaban J connectivity index is 2.11. The quantitative estimate of drug-likeness (QED) is 0.863. The number of rotatable bonds is 4. The molecule has 0 aliphatic carbocycles. The Morgan fingerprint density at radius 2 is 2.05 bits per heavy atom. The maximum Gasteiger partial charge on any atom is 0.187 e. The fourth-order valence-corrected chi connectivity index (χ4v) is 3.10. The normalized spacial score (nSPS) is 21.1. The molecular weight excluding hydrogens is 282 g/mol. The van der Waals surface area contributed by atoms with Crippen molar-refractivity contribution in [3.05, 3.63) is 18.5 Å². The molecule has 1 aromatic heterocycles. The molecule has 2 heterocycles. The number of anilines is 1. The number of nitrogens with zero attached hydrogens (tertiary/aromatic N) is 3. The van der Waals surface area contributed by atoms with Gasteiger partial charge in [0.15, 0.2) is 11.5 Å². The summed E-state index contributed by atoms with van der Waals surface area (Å²) in [4.78, 5) is 11.0. The van der Waals surface area contributed by atoms with E-state index in [9.17, 15) is 0 Å². The fraction of sp³-hybridized carbons (Fsp3) is 0.500. The first-order chi connectivity index (χ1) is 10.7. The maximum absolute atomic E-state index is 5.67. The van der Waals surface area contributed by atoms with Gasteiger partial charge in [-0.25, -0.2) is 9.97 Å². The predicted molar refractivity (Wildman–Crippen MR) is 84.9 cm³/mol. The zero-order valence-corrected chi connectivity index (χ0v) is 13.4. The lowest BCUT2D eigenvalue weighted by molar-refractivity contribution is 0.118. The lowest BCUT2D eigenvalue weighted by Gasteiger charge is -2.28. The average molecular weight is 303 g/mol. The summed E-state index contributed by atoms with van der Waals surface area (Å²) >= 11 is 0. The Bertz CT molecular complexity index is 677. The molecule has 0 saturated carbocycles. The van der Waals surface area contributed by atoms with Crippen molar-refractivity contribution in [2.75, 3.05) is 32.8 Å². The molecule has 1 saturated heterocycles. The highest BCUT2D eigenvalue weighted by Gasteiger charge is 2.29. The molecule has 1 aliphatic heterocycles. The first kappa shape index (κ1) is 14.8. The predicted octanol–water partition coefficient (Wildman–Crippen LogP) is 2.26. The fourth-order valence-electron chi connectivity index (χ4n) is 3.10.